The molecule has 0 N–H and O–H groups in total. The molecule has 3 aliphatic rings. The lowest BCUT2D eigenvalue weighted by Crippen LogP contribution is -2.51. The Labute approximate surface area is 179 Å². The van der Waals surface area contributed by atoms with Crippen LogP contribution in [0.3, 0.4) is 0 Å². The lowest BCUT2D eigenvalue weighted by atomic mass is 9.92. The number of rotatable bonds is 4. The number of carbonyl (C=O) groups is 2. The quantitative estimate of drug-likeness (QED) is 0.714. The lowest BCUT2D eigenvalue weighted by molar-refractivity contribution is -0.141. The van der Waals surface area contributed by atoms with E-state index in [1.807, 2.05) is 46.2 Å². The van der Waals surface area contributed by atoms with Crippen LogP contribution in [0.5, 0.6) is 0 Å². The van der Waals surface area contributed by atoms with E-state index in [1.165, 1.54) is 0 Å². The van der Waals surface area contributed by atoms with Gasteiger partial charge in [0.05, 0.1) is 13.2 Å². The van der Waals surface area contributed by atoms with E-state index in [2.05, 4.69) is 4.90 Å². The number of carbonyl (C=O) groups excluding carboxylic acids is 2. The van der Waals surface area contributed by atoms with Gasteiger partial charge in [-0.2, -0.15) is 0 Å². The molecule has 30 heavy (non-hydrogen) atoms. The summed E-state index contributed by atoms with van der Waals surface area (Å²) in [5, 5.41) is 0. The summed E-state index contributed by atoms with van der Waals surface area (Å²) in [7, 11) is 0. The average molecular weight is 412 g/mol. The summed E-state index contributed by atoms with van der Waals surface area (Å²) in [6.45, 7) is 6.43. The highest BCUT2D eigenvalue weighted by molar-refractivity contribution is 5.91. The second-order valence-electron chi connectivity index (χ2n) is 8.55. The maximum atomic E-state index is 12.7. The first-order valence-electron chi connectivity index (χ1n) is 11.3. The fraction of sp³-hybridized carbons (Fsp3) is 0.583. The van der Waals surface area contributed by atoms with Crippen molar-refractivity contribution in [2.45, 2.75) is 31.7 Å². The van der Waals surface area contributed by atoms with E-state index in [-0.39, 0.29) is 11.8 Å². The number of nitrogens with zero attached hydrogens (tertiary/aromatic N) is 3. The number of likely N-dealkylation sites (tertiary alicyclic amines) is 2. The smallest absolute Gasteiger partial charge is 0.246 e. The number of hydrogen-bond donors (Lipinski definition) is 0. The molecule has 0 aliphatic carbocycles. The number of morpholine rings is 1. The van der Waals surface area contributed by atoms with Crippen molar-refractivity contribution in [2.24, 2.45) is 5.92 Å². The van der Waals surface area contributed by atoms with Crippen molar-refractivity contribution in [2.75, 3.05) is 52.5 Å². The van der Waals surface area contributed by atoms with E-state index >= 15 is 0 Å². The molecule has 3 aliphatic heterocycles. The van der Waals surface area contributed by atoms with E-state index in [0.29, 0.717) is 25.2 Å². The van der Waals surface area contributed by atoms with Crippen LogP contribution in [0.1, 0.15) is 31.2 Å². The van der Waals surface area contributed by atoms with Gasteiger partial charge >= 0.3 is 0 Å². The highest BCUT2D eigenvalue weighted by atomic mass is 16.5. The Kier molecular flexibility index (Phi) is 7.18. The topological polar surface area (TPSA) is 53.1 Å². The molecule has 0 saturated carbocycles. The molecule has 3 heterocycles. The summed E-state index contributed by atoms with van der Waals surface area (Å²) in [6.07, 6.45) is 7.54. The van der Waals surface area contributed by atoms with Gasteiger partial charge in [0, 0.05) is 44.2 Å². The van der Waals surface area contributed by atoms with Crippen LogP contribution in [0, 0.1) is 5.92 Å². The molecular weight excluding hydrogens is 378 g/mol. The van der Waals surface area contributed by atoms with Crippen molar-refractivity contribution in [1.29, 1.82) is 0 Å². The molecule has 3 fully saturated rings. The highest BCUT2D eigenvalue weighted by Gasteiger charge is 2.33. The molecule has 2 amide bonds. The molecule has 0 aromatic heterocycles. The largest absolute Gasteiger partial charge is 0.378 e. The molecule has 0 atom stereocenters. The van der Waals surface area contributed by atoms with E-state index < -0.39 is 0 Å². The van der Waals surface area contributed by atoms with Gasteiger partial charge in [-0.05, 0) is 50.4 Å². The number of amides is 2. The van der Waals surface area contributed by atoms with Crippen LogP contribution in [-0.4, -0.2) is 85.0 Å². The fourth-order valence-corrected chi connectivity index (χ4v) is 4.84. The summed E-state index contributed by atoms with van der Waals surface area (Å²) in [5.41, 5.74) is 1.05. The van der Waals surface area contributed by atoms with Gasteiger partial charge in [-0.25, -0.2) is 0 Å². The number of piperidine rings is 2. The molecule has 6 nitrogen and oxygen atoms in total. The Morgan fingerprint density at radius 3 is 2.17 bits per heavy atom. The average Bonchev–Trinajstić information content (AvgIpc) is 2.83. The zero-order chi connectivity index (χ0) is 20.8. The van der Waals surface area contributed by atoms with Gasteiger partial charge in [0.25, 0.3) is 0 Å². The van der Waals surface area contributed by atoms with E-state index in [9.17, 15) is 9.59 Å². The van der Waals surface area contributed by atoms with Crippen LogP contribution in [0.4, 0.5) is 0 Å². The monoisotopic (exact) mass is 411 g/mol. The Balaban J connectivity index is 1.20. The second-order valence-corrected chi connectivity index (χ2v) is 8.55. The maximum Gasteiger partial charge on any atom is 0.246 e. The Morgan fingerprint density at radius 1 is 0.833 bits per heavy atom. The van der Waals surface area contributed by atoms with Gasteiger partial charge in [-0.3, -0.25) is 9.59 Å². The summed E-state index contributed by atoms with van der Waals surface area (Å²) in [6, 6.07) is 10.5. The van der Waals surface area contributed by atoms with Gasteiger partial charge < -0.3 is 19.4 Å². The van der Waals surface area contributed by atoms with E-state index in [0.717, 1.165) is 70.5 Å². The van der Waals surface area contributed by atoms with Crippen molar-refractivity contribution in [1.82, 2.24) is 14.7 Å². The molecule has 0 spiro atoms. The Hall–Kier alpha value is -2.18. The third kappa shape index (κ3) is 5.29. The minimum Gasteiger partial charge on any atom is -0.378 e. The van der Waals surface area contributed by atoms with Crippen LogP contribution < -0.4 is 0 Å². The predicted molar refractivity (Wildman–Crippen MR) is 117 cm³/mol. The maximum absolute atomic E-state index is 12.7. The minimum absolute atomic E-state index is 0.104. The normalized spacial score (nSPS) is 22.5. The SMILES string of the molecule is O=C(/C=C/c1ccccc1)N1CCC(N2CCC(C(=O)N3CCOCC3)CC2)CC1. The molecule has 0 radical (unpaired) electrons. The molecular formula is C24H33N3O3. The number of ether oxygens (including phenoxy) is 1. The van der Waals surface area contributed by atoms with Gasteiger partial charge in [0.2, 0.25) is 11.8 Å². The molecule has 0 bridgehead atoms. The second kappa shape index (κ2) is 10.2. The Bertz CT molecular complexity index is 729. The zero-order valence-electron chi connectivity index (χ0n) is 17.7. The standard InChI is InChI=1S/C24H33N3O3/c28-23(7-6-20-4-2-1-3-5-20)26-14-10-22(11-15-26)25-12-8-21(9-13-25)24(29)27-16-18-30-19-17-27/h1-7,21-22H,8-19H2/b7-6+. The van der Waals surface area contributed by atoms with Crippen molar-refractivity contribution >= 4 is 17.9 Å². The summed E-state index contributed by atoms with van der Waals surface area (Å²) in [4.78, 5) is 31.7. The first kappa shape index (κ1) is 21.1. The van der Waals surface area contributed by atoms with Crippen LogP contribution in [-0.2, 0) is 14.3 Å². The zero-order valence-corrected chi connectivity index (χ0v) is 17.7. The van der Waals surface area contributed by atoms with Crippen LogP contribution >= 0.6 is 0 Å². The van der Waals surface area contributed by atoms with Crippen LogP contribution in [0.25, 0.3) is 6.08 Å². The fourth-order valence-electron chi connectivity index (χ4n) is 4.84. The molecule has 3 saturated heterocycles. The molecule has 1 aromatic rings. The van der Waals surface area contributed by atoms with Gasteiger partial charge in [0.15, 0.2) is 0 Å². The lowest BCUT2D eigenvalue weighted by Gasteiger charge is -2.42. The summed E-state index contributed by atoms with van der Waals surface area (Å²) >= 11 is 0. The summed E-state index contributed by atoms with van der Waals surface area (Å²) < 4.78 is 5.36. The predicted octanol–water partition coefficient (Wildman–Crippen LogP) is 2.26. The molecule has 6 heteroatoms. The molecule has 4 rings (SSSR count). The van der Waals surface area contributed by atoms with Crippen LogP contribution in [0.2, 0.25) is 0 Å². The Morgan fingerprint density at radius 2 is 1.50 bits per heavy atom. The molecule has 0 unspecified atom stereocenters. The third-order valence-electron chi connectivity index (χ3n) is 6.71. The first-order chi connectivity index (χ1) is 14.7. The number of benzene rings is 1. The van der Waals surface area contributed by atoms with Crippen molar-refractivity contribution in [3.63, 3.8) is 0 Å². The minimum atomic E-state index is 0.104. The van der Waals surface area contributed by atoms with E-state index in [1.54, 1.807) is 6.08 Å². The summed E-state index contributed by atoms with van der Waals surface area (Å²) in [5.74, 6) is 0.597. The molecule has 162 valence electrons. The number of hydrogen-bond acceptors (Lipinski definition) is 4. The van der Waals surface area contributed by atoms with Crippen molar-refractivity contribution in [3.8, 4) is 0 Å². The highest BCUT2D eigenvalue weighted by Crippen LogP contribution is 2.25. The molecule has 1 aromatic carbocycles. The third-order valence-corrected chi connectivity index (χ3v) is 6.71. The van der Waals surface area contributed by atoms with E-state index in [4.69, 9.17) is 4.74 Å². The first-order valence-corrected chi connectivity index (χ1v) is 11.3. The van der Waals surface area contributed by atoms with Crippen molar-refractivity contribution < 1.29 is 14.3 Å². The van der Waals surface area contributed by atoms with Gasteiger partial charge in [0.1, 0.15) is 0 Å². The van der Waals surface area contributed by atoms with Gasteiger partial charge in [-0.1, -0.05) is 30.3 Å². The van der Waals surface area contributed by atoms with Gasteiger partial charge in [-0.15, -0.1) is 0 Å². The van der Waals surface area contributed by atoms with Crippen molar-refractivity contribution in [3.05, 3.63) is 42.0 Å². The van der Waals surface area contributed by atoms with Crippen LogP contribution in [0.15, 0.2) is 36.4 Å².